The molecule has 4 nitrogen and oxygen atoms in total. The Morgan fingerprint density at radius 1 is 0.357 bits per heavy atom. The van der Waals surface area contributed by atoms with E-state index in [-0.39, 0.29) is 23.0 Å². The van der Waals surface area contributed by atoms with Crippen LogP contribution in [0.1, 0.15) is 0 Å². The van der Waals surface area contributed by atoms with Crippen LogP contribution in [0.15, 0.2) is 84.9 Å². The fraction of sp³-hybridized carbons (Fsp3) is 0. The Labute approximate surface area is 162 Å². The maximum absolute atomic E-state index is 10.7. The number of phenols is 4. The van der Waals surface area contributed by atoms with Crippen LogP contribution in [-0.2, 0) is 0 Å². The standard InChI is InChI=1S/C24H18O4/c25-18-7-1-15(2-8-18)21-13-14-22(28)24(17-5-11-20(27)12-6-17)23(21)16-3-9-19(26)10-4-16/h1-14,25-28H. The number of aromatic hydroxyl groups is 4. The van der Waals surface area contributed by atoms with Gasteiger partial charge >= 0.3 is 0 Å². The van der Waals surface area contributed by atoms with Gasteiger partial charge < -0.3 is 20.4 Å². The van der Waals surface area contributed by atoms with Crippen molar-refractivity contribution >= 4 is 0 Å². The van der Waals surface area contributed by atoms with Crippen molar-refractivity contribution < 1.29 is 20.4 Å². The van der Waals surface area contributed by atoms with E-state index in [0.29, 0.717) is 5.56 Å². The van der Waals surface area contributed by atoms with Crippen molar-refractivity contribution in [3.8, 4) is 56.4 Å². The molecule has 0 heterocycles. The van der Waals surface area contributed by atoms with Gasteiger partial charge in [-0.3, -0.25) is 0 Å². The predicted octanol–water partition coefficient (Wildman–Crippen LogP) is 5.51. The van der Waals surface area contributed by atoms with Gasteiger partial charge in [0.15, 0.2) is 0 Å². The van der Waals surface area contributed by atoms with Gasteiger partial charge in [-0.1, -0.05) is 42.5 Å². The van der Waals surface area contributed by atoms with E-state index < -0.39 is 0 Å². The first kappa shape index (κ1) is 17.5. The number of hydrogen-bond acceptors (Lipinski definition) is 4. The summed E-state index contributed by atoms with van der Waals surface area (Å²) in [5, 5.41) is 39.6. The molecule has 0 saturated carbocycles. The van der Waals surface area contributed by atoms with Gasteiger partial charge in [-0.25, -0.2) is 0 Å². The molecule has 0 unspecified atom stereocenters. The molecular weight excluding hydrogens is 352 g/mol. The molecule has 4 rings (SSSR count). The predicted molar refractivity (Wildman–Crippen MR) is 109 cm³/mol. The van der Waals surface area contributed by atoms with Crippen molar-refractivity contribution in [1.29, 1.82) is 0 Å². The van der Waals surface area contributed by atoms with Gasteiger partial charge in [0.25, 0.3) is 0 Å². The third-order valence-electron chi connectivity index (χ3n) is 4.67. The Bertz CT molecular complexity index is 1110. The number of rotatable bonds is 3. The van der Waals surface area contributed by atoms with E-state index in [0.717, 1.165) is 27.8 Å². The van der Waals surface area contributed by atoms with Gasteiger partial charge in [-0.15, -0.1) is 0 Å². The first-order valence-electron chi connectivity index (χ1n) is 8.77. The van der Waals surface area contributed by atoms with Crippen molar-refractivity contribution in [2.45, 2.75) is 0 Å². The van der Waals surface area contributed by atoms with Crippen molar-refractivity contribution in [2.24, 2.45) is 0 Å². The average molecular weight is 370 g/mol. The summed E-state index contributed by atoms with van der Waals surface area (Å²) in [4.78, 5) is 0. The summed E-state index contributed by atoms with van der Waals surface area (Å²) in [6.45, 7) is 0. The van der Waals surface area contributed by atoms with Crippen LogP contribution in [0.2, 0.25) is 0 Å². The summed E-state index contributed by atoms with van der Waals surface area (Å²) in [6.07, 6.45) is 0. The van der Waals surface area contributed by atoms with Crippen LogP contribution < -0.4 is 0 Å². The molecule has 4 aromatic carbocycles. The second-order valence-corrected chi connectivity index (χ2v) is 6.52. The SMILES string of the molecule is Oc1ccc(-c2ccc(O)c(-c3ccc(O)cc3)c2-c2ccc(O)cc2)cc1. The Morgan fingerprint density at radius 2 is 0.750 bits per heavy atom. The molecule has 28 heavy (non-hydrogen) atoms. The normalized spacial score (nSPS) is 10.7. The van der Waals surface area contributed by atoms with Gasteiger partial charge in [-0.2, -0.15) is 0 Å². The maximum atomic E-state index is 10.7. The topological polar surface area (TPSA) is 80.9 Å². The molecular formula is C24H18O4. The molecule has 0 aliphatic carbocycles. The van der Waals surface area contributed by atoms with Crippen LogP contribution in [0.5, 0.6) is 23.0 Å². The minimum atomic E-state index is 0.108. The van der Waals surface area contributed by atoms with E-state index in [2.05, 4.69) is 0 Å². The molecule has 0 aliphatic heterocycles. The zero-order valence-corrected chi connectivity index (χ0v) is 14.9. The Balaban J connectivity index is 2.04. The monoisotopic (exact) mass is 370 g/mol. The van der Waals surface area contributed by atoms with Crippen LogP contribution in [0.4, 0.5) is 0 Å². The number of hydrogen-bond donors (Lipinski definition) is 4. The molecule has 0 spiro atoms. The highest BCUT2D eigenvalue weighted by atomic mass is 16.3. The van der Waals surface area contributed by atoms with Crippen LogP contribution in [0.25, 0.3) is 33.4 Å². The van der Waals surface area contributed by atoms with Crippen LogP contribution in [-0.4, -0.2) is 20.4 Å². The lowest BCUT2D eigenvalue weighted by atomic mass is 9.87. The Hall–Kier alpha value is -3.92. The molecule has 0 saturated heterocycles. The highest BCUT2D eigenvalue weighted by molar-refractivity contribution is 5.97. The lowest BCUT2D eigenvalue weighted by molar-refractivity contribution is 0.474. The fourth-order valence-corrected chi connectivity index (χ4v) is 3.32. The first-order valence-corrected chi connectivity index (χ1v) is 8.77. The second-order valence-electron chi connectivity index (χ2n) is 6.52. The van der Waals surface area contributed by atoms with E-state index in [4.69, 9.17) is 0 Å². The van der Waals surface area contributed by atoms with E-state index in [1.807, 2.05) is 18.2 Å². The molecule has 138 valence electrons. The molecule has 0 fully saturated rings. The lowest BCUT2D eigenvalue weighted by Crippen LogP contribution is -1.91. The molecule has 0 radical (unpaired) electrons. The van der Waals surface area contributed by atoms with Gasteiger partial charge in [0.2, 0.25) is 0 Å². The van der Waals surface area contributed by atoms with Crippen LogP contribution in [0, 0.1) is 0 Å². The molecule has 0 aliphatic rings. The van der Waals surface area contributed by atoms with Crippen molar-refractivity contribution in [1.82, 2.24) is 0 Å². The fourth-order valence-electron chi connectivity index (χ4n) is 3.32. The minimum absolute atomic E-state index is 0.108. The number of phenolic OH excluding ortho intramolecular Hbond substituents is 4. The van der Waals surface area contributed by atoms with Gasteiger partial charge in [0.1, 0.15) is 23.0 Å². The smallest absolute Gasteiger partial charge is 0.124 e. The molecule has 0 amide bonds. The summed E-state index contributed by atoms with van der Waals surface area (Å²) in [5.41, 5.74) is 4.72. The van der Waals surface area contributed by atoms with Crippen LogP contribution in [0.3, 0.4) is 0 Å². The highest BCUT2D eigenvalue weighted by Gasteiger charge is 2.18. The van der Waals surface area contributed by atoms with Crippen molar-refractivity contribution in [3.63, 3.8) is 0 Å². The molecule has 4 N–H and O–H groups in total. The lowest BCUT2D eigenvalue weighted by Gasteiger charge is -2.18. The highest BCUT2D eigenvalue weighted by Crippen LogP contribution is 2.45. The third kappa shape index (κ3) is 3.23. The Morgan fingerprint density at radius 3 is 1.21 bits per heavy atom. The quantitative estimate of drug-likeness (QED) is 0.383. The molecule has 0 atom stereocenters. The Kier molecular flexibility index (Phi) is 4.38. The zero-order chi connectivity index (χ0) is 19.7. The molecule has 0 aromatic heterocycles. The van der Waals surface area contributed by atoms with Crippen molar-refractivity contribution in [3.05, 3.63) is 84.9 Å². The second kappa shape index (κ2) is 7.00. The minimum Gasteiger partial charge on any atom is -0.508 e. The van der Waals surface area contributed by atoms with Crippen molar-refractivity contribution in [2.75, 3.05) is 0 Å². The summed E-state index contributed by atoms with van der Waals surface area (Å²) in [5.74, 6) is 0.578. The van der Waals surface area contributed by atoms with E-state index in [1.165, 1.54) is 0 Å². The average Bonchev–Trinajstić information content (AvgIpc) is 2.70. The number of benzene rings is 4. The van der Waals surface area contributed by atoms with Gasteiger partial charge in [-0.05, 0) is 64.7 Å². The molecule has 4 aromatic rings. The van der Waals surface area contributed by atoms with Gasteiger partial charge in [0, 0.05) is 11.1 Å². The molecule has 0 bridgehead atoms. The van der Waals surface area contributed by atoms with E-state index in [9.17, 15) is 20.4 Å². The van der Waals surface area contributed by atoms with Gasteiger partial charge in [0.05, 0.1) is 0 Å². The molecule has 4 heteroatoms. The maximum Gasteiger partial charge on any atom is 0.124 e. The largest absolute Gasteiger partial charge is 0.508 e. The third-order valence-corrected chi connectivity index (χ3v) is 4.67. The zero-order valence-electron chi connectivity index (χ0n) is 14.9. The summed E-state index contributed by atoms with van der Waals surface area (Å²) in [7, 11) is 0. The summed E-state index contributed by atoms with van der Waals surface area (Å²) >= 11 is 0. The van der Waals surface area contributed by atoms with Crippen LogP contribution >= 0.6 is 0 Å². The summed E-state index contributed by atoms with van der Waals surface area (Å²) < 4.78 is 0. The first-order chi connectivity index (χ1) is 13.5. The summed E-state index contributed by atoms with van der Waals surface area (Å²) in [6, 6.07) is 23.7. The van der Waals surface area contributed by atoms with E-state index in [1.54, 1.807) is 66.7 Å². The van der Waals surface area contributed by atoms with E-state index >= 15 is 0 Å².